The Morgan fingerprint density at radius 2 is 0.741 bits per heavy atom. The fourth-order valence-electron chi connectivity index (χ4n) is 4.07. The molecular weight excluding hydrogens is 373 g/mol. The van der Waals surface area contributed by atoms with Gasteiger partial charge >= 0.3 is 0 Å². The molecule has 0 saturated carbocycles. The van der Waals surface area contributed by atoms with Crippen LogP contribution in [0, 0.1) is 17.8 Å². The summed E-state index contributed by atoms with van der Waals surface area (Å²) in [6.45, 7) is 18.3. The molecule has 1 nitrogen and oxygen atoms in total. The Bertz CT molecular complexity index is 230. The van der Waals surface area contributed by atoms with Gasteiger partial charge in [-0.15, -0.1) is 24.8 Å². The Balaban J connectivity index is -0.00000288. The predicted molar refractivity (Wildman–Crippen MR) is 131 cm³/mol. The first-order chi connectivity index (χ1) is 12.1. The van der Waals surface area contributed by atoms with Gasteiger partial charge in [-0.2, -0.15) is 0 Å². The Kier molecular flexibility index (Phi) is 27.2. The molecule has 0 radical (unpaired) electrons. The van der Waals surface area contributed by atoms with Gasteiger partial charge in [0.1, 0.15) is 0 Å². The second-order valence-electron chi connectivity index (χ2n) is 8.47. The van der Waals surface area contributed by atoms with E-state index in [0.29, 0.717) is 0 Å². The van der Waals surface area contributed by atoms with Crippen molar-refractivity contribution in [1.82, 2.24) is 4.90 Å². The third kappa shape index (κ3) is 17.1. The number of hydrogen-bond acceptors (Lipinski definition) is 1. The SMILES string of the molecule is CCCCC(CC)CN(CC(CC)CCCC)CC(CC)CCCC.Cl.Cl. The lowest BCUT2D eigenvalue weighted by atomic mass is 9.93. The van der Waals surface area contributed by atoms with Crippen LogP contribution in [-0.4, -0.2) is 24.5 Å². The molecule has 0 aliphatic carbocycles. The first kappa shape index (κ1) is 32.2. The van der Waals surface area contributed by atoms with Gasteiger partial charge in [0.25, 0.3) is 0 Å². The number of hydrogen-bond donors (Lipinski definition) is 0. The lowest BCUT2D eigenvalue weighted by molar-refractivity contribution is 0.152. The zero-order valence-corrected chi connectivity index (χ0v) is 21.2. The molecule has 0 heterocycles. The van der Waals surface area contributed by atoms with Gasteiger partial charge in [-0.05, 0) is 37.0 Å². The summed E-state index contributed by atoms with van der Waals surface area (Å²) in [5, 5.41) is 0. The Morgan fingerprint density at radius 1 is 0.481 bits per heavy atom. The molecule has 0 aromatic carbocycles. The minimum absolute atomic E-state index is 0. The molecule has 0 aliphatic rings. The highest BCUT2D eigenvalue weighted by Gasteiger charge is 2.19. The van der Waals surface area contributed by atoms with Crippen LogP contribution >= 0.6 is 24.8 Å². The highest BCUT2D eigenvalue weighted by molar-refractivity contribution is 5.85. The van der Waals surface area contributed by atoms with Gasteiger partial charge < -0.3 is 4.90 Å². The van der Waals surface area contributed by atoms with Crippen LogP contribution in [0.4, 0.5) is 0 Å². The van der Waals surface area contributed by atoms with Gasteiger partial charge in [0.15, 0.2) is 0 Å². The molecular formula is C24H53Cl2N. The van der Waals surface area contributed by atoms with Crippen LogP contribution in [0.15, 0.2) is 0 Å². The normalized spacial score (nSPS) is 14.3. The molecule has 3 atom stereocenters. The van der Waals surface area contributed by atoms with Crippen molar-refractivity contribution in [2.75, 3.05) is 19.6 Å². The van der Waals surface area contributed by atoms with Gasteiger partial charge in [-0.25, -0.2) is 0 Å². The molecule has 0 aromatic heterocycles. The summed E-state index contributed by atoms with van der Waals surface area (Å²) in [7, 11) is 0. The Hall–Kier alpha value is 0.540. The van der Waals surface area contributed by atoms with Crippen LogP contribution in [0.2, 0.25) is 0 Å². The highest BCUT2D eigenvalue weighted by Crippen LogP contribution is 2.22. The van der Waals surface area contributed by atoms with E-state index in [1.807, 2.05) is 0 Å². The predicted octanol–water partition coefficient (Wildman–Crippen LogP) is 8.78. The minimum Gasteiger partial charge on any atom is -0.303 e. The third-order valence-corrected chi connectivity index (χ3v) is 6.18. The number of nitrogens with zero attached hydrogens (tertiary/aromatic N) is 1. The molecule has 0 N–H and O–H groups in total. The van der Waals surface area contributed by atoms with Crippen molar-refractivity contribution >= 4 is 24.8 Å². The quantitative estimate of drug-likeness (QED) is 0.212. The van der Waals surface area contributed by atoms with Crippen LogP contribution in [0.25, 0.3) is 0 Å². The van der Waals surface area contributed by atoms with Gasteiger partial charge in [0, 0.05) is 19.6 Å². The maximum Gasteiger partial charge on any atom is 0.000979 e. The first-order valence-corrected chi connectivity index (χ1v) is 11.9. The van der Waals surface area contributed by atoms with E-state index >= 15 is 0 Å². The molecule has 0 amide bonds. The molecule has 0 saturated heterocycles. The van der Waals surface area contributed by atoms with Crippen molar-refractivity contribution < 1.29 is 0 Å². The average Bonchev–Trinajstić information content (AvgIpc) is 2.64. The molecule has 0 aromatic rings. The monoisotopic (exact) mass is 425 g/mol. The molecule has 0 rings (SSSR count). The van der Waals surface area contributed by atoms with Gasteiger partial charge in [-0.3, -0.25) is 0 Å². The number of unbranched alkanes of at least 4 members (excludes halogenated alkanes) is 3. The maximum atomic E-state index is 2.89. The van der Waals surface area contributed by atoms with Crippen LogP contribution < -0.4 is 0 Å². The smallest absolute Gasteiger partial charge is 0.000979 e. The van der Waals surface area contributed by atoms with Gasteiger partial charge in [0.2, 0.25) is 0 Å². The fraction of sp³-hybridized carbons (Fsp3) is 1.00. The van der Waals surface area contributed by atoms with Gasteiger partial charge in [-0.1, -0.05) is 99.3 Å². The summed E-state index contributed by atoms with van der Waals surface area (Å²) in [5.74, 6) is 2.73. The van der Waals surface area contributed by atoms with E-state index in [9.17, 15) is 0 Å². The molecule has 0 spiro atoms. The summed E-state index contributed by atoms with van der Waals surface area (Å²) in [5.41, 5.74) is 0. The van der Waals surface area contributed by atoms with E-state index in [1.54, 1.807) is 0 Å². The summed E-state index contributed by atoms with van der Waals surface area (Å²) < 4.78 is 0. The second kappa shape index (κ2) is 22.8. The van der Waals surface area contributed by atoms with Crippen molar-refractivity contribution in [3.8, 4) is 0 Å². The van der Waals surface area contributed by atoms with Gasteiger partial charge in [0.05, 0.1) is 0 Å². The standard InChI is InChI=1S/C24H51N.2ClH/c1-7-13-16-22(10-4)19-25(20-23(11-5)17-14-8-2)21-24(12-6)18-15-9-3;;/h22-24H,7-21H2,1-6H3;2*1H. The molecule has 27 heavy (non-hydrogen) atoms. The van der Waals surface area contributed by atoms with E-state index in [4.69, 9.17) is 0 Å². The summed E-state index contributed by atoms with van der Waals surface area (Å²) in [6.07, 6.45) is 16.6. The van der Waals surface area contributed by atoms with Crippen molar-refractivity contribution in [3.63, 3.8) is 0 Å². The van der Waals surface area contributed by atoms with E-state index in [0.717, 1.165) is 17.8 Å². The molecule has 168 valence electrons. The van der Waals surface area contributed by atoms with Crippen molar-refractivity contribution in [2.24, 2.45) is 17.8 Å². The summed E-state index contributed by atoms with van der Waals surface area (Å²) in [6, 6.07) is 0. The van der Waals surface area contributed by atoms with E-state index < -0.39 is 0 Å². The van der Waals surface area contributed by atoms with Crippen molar-refractivity contribution in [3.05, 3.63) is 0 Å². The maximum absolute atomic E-state index is 2.89. The molecule has 0 aliphatic heterocycles. The van der Waals surface area contributed by atoms with Crippen LogP contribution in [-0.2, 0) is 0 Å². The Morgan fingerprint density at radius 3 is 0.926 bits per heavy atom. The largest absolute Gasteiger partial charge is 0.303 e. The lowest BCUT2D eigenvalue weighted by Crippen LogP contribution is -2.37. The fourth-order valence-corrected chi connectivity index (χ4v) is 4.07. The molecule has 0 bridgehead atoms. The first-order valence-electron chi connectivity index (χ1n) is 11.9. The van der Waals surface area contributed by atoms with Crippen LogP contribution in [0.5, 0.6) is 0 Å². The molecule has 3 heteroatoms. The van der Waals surface area contributed by atoms with E-state index in [-0.39, 0.29) is 24.8 Å². The van der Waals surface area contributed by atoms with E-state index in [2.05, 4.69) is 46.4 Å². The minimum atomic E-state index is 0. The lowest BCUT2D eigenvalue weighted by Gasteiger charge is -2.33. The summed E-state index contributed by atoms with van der Waals surface area (Å²) in [4.78, 5) is 2.89. The van der Waals surface area contributed by atoms with E-state index in [1.165, 1.54) is 96.7 Å². The van der Waals surface area contributed by atoms with Crippen molar-refractivity contribution in [2.45, 2.75) is 119 Å². The zero-order valence-electron chi connectivity index (χ0n) is 19.6. The van der Waals surface area contributed by atoms with Crippen molar-refractivity contribution in [1.29, 1.82) is 0 Å². The summed E-state index contributed by atoms with van der Waals surface area (Å²) >= 11 is 0. The average molecular weight is 427 g/mol. The zero-order chi connectivity index (χ0) is 18.9. The third-order valence-electron chi connectivity index (χ3n) is 6.18. The second-order valence-corrected chi connectivity index (χ2v) is 8.47. The number of halogens is 2. The highest BCUT2D eigenvalue weighted by atomic mass is 35.5. The van der Waals surface area contributed by atoms with Crippen LogP contribution in [0.3, 0.4) is 0 Å². The topological polar surface area (TPSA) is 3.24 Å². The molecule has 3 unspecified atom stereocenters. The van der Waals surface area contributed by atoms with Crippen LogP contribution in [0.1, 0.15) is 119 Å². The number of rotatable bonds is 18. The Labute approximate surface area is 185 Å². The molecule has 0 fully saturated rings.